The fourth-order valence-electron chi connectivity index (χ4n) is 2.26. The van der Waals surface area contributed by atoms with Crippen molar-refractivity contribution in [2.24, 2.45) is 5.41 Å². The predicted octanol–water partition coefficient (Wildman–Crippen LogP) is 3.29. The number of allylic oxidation sites excluding steroid dienone is 1. The Bertz CT molecular complexity index is 629. The zero-order valence-corrected chi connectivity index (χ0v) is 14.3. The van der Waals surface area contributed by atoms with Gasteiger partial charge < -0.3 is 15.4 Å². The number of rotatable bonds is 3. The van der Waals surface area contributed by atoms with Crippen molar-refractivity contribution in [3.05, 3.63) is 47.2 Å². The van der Waals surface area contributed by atoms with E-state index in [9.17, 15) is 9.59 Å². The molecule has 124 valence electrons. The number of hydrogen-bond donors (Lipinski definition) is 2. The first-order valence-corrected chi connectivity index (χ1v) is 7.74. The molecule has 0 bridgehead atoms. The maximum absolute atomic E-state index is 12.7. The SMILES string of the molecule is CC1=C(C(=O)O[C@@H](C)C(C)(C)C)[C@H](c2ccccc2)NC(=O)N1. The van der Waals surface area contributed by atoms with E-state index < -0.39 is 12.0 Å². The Hall–Kier alpha value is -2.30. The van der Waals surface area contributed by atoms with Crippen LogP contribution in [0.2, 0.25) is 0 Å². The van der Waals surface area contributed by atoms with Crippen LogP contribution in [0.25, 0.3) is 0 Å². The second kappa shape index (κ2) is 6.44. The molecule has 0 unspecified atom stereocenters. The minimum Gasteiger partial charge on any atom is -0.459 e. The van der Waals surface area contributed by atoms with Crippen LogP contribution in [-0.4, -0.2) is 18.1 Å². The Balaban J connectivity index is 2.33. The molecule has 2 N–H and O–H groups in total. The number of urea groups is 1. The van der Waals surface area contributed by atoms with E-state index in [1.165, 1.54) is 0 Å². The van der Waals surface area contributed by atoms with E-state index in [0.717, 1.165) is 5.56 Å². The average Bonchev–Trinajstić information content (AvgIpc) is 2.46. The summed E-state index contributed by atoms with van der Waals surface area (Å²) in [6.45, 7) is 9.64. The van der Waals surface area contributed by atoms with Gasteiger partial charge in [-0.1, -0.05) is 51.1 Å². The summed E-state index contributed by atoms with van der Waals surface area (Å²) in [5.74, 6) is -0.411. The van der Waals surface area contributed by atoms with Crippen molar-refractivity contribution in [1.82, 2.24) is 10.6 Å². The zero-order valence-electron chi connectivity index (χ0n) is 14.3. The highest BCUT2D eigenvalue weighted by atomic mass is 16.5. The maximum atomic E-state index is 12.7. The van der Waals surface area contributed by atoms with E-state index in [2.05, 4.69) is 10.6 Å². The van der Waals surface area contributed by atoms with E-state index in [1.807, 2.05) is 58.0 Å². The smallest absolute Gasteiger partial charge is 0.338 e. The summed E-state index contributed by atoms with van der Waals surface area (Å²) in [6, 6.07) is 8.57. The number of carbonyl (C=O) groups excluding carboxylic acids is 2. The third kappa shape index (κ3) is 3.92. The normalized spacial score (nSPS) is 19.7. The van der Waals surface area contributed by atoms with Crippen molar-refractivity contribution in [2.75, 3.05) is 0 Å². The topological polar surface area (TPSA) is 67.4 Å². The summed E-state index contributed by atoms with van der Waals surface area (Å²) in [5.41, 5.74) is 1.65. The van der Waals surface area contributed by atoms with Crippen molar-refractivity contribution in [2.45, 2.75) is 46.8 Å². The number of esters is 1. The van der Waals surface area contributed by atoms with E-state index in [-0.39, 0.29) is 17.6 Å². The van der Waals surface area contributed by atoms with Gasteiger partial charge in [0, 0.05) is 5.70 Å². The summed E-state index contributed by atoms with van der Waals surface area (Å²) in [6.07, 6.45) is -0.246. The van der Waals surface area contributed by atoms with Crippen LogP contribution in [0.3, 0.4) is 0 Å². The molecule has 0 saturated carbocycles. The van der Waals surface area contributed by atoms with Crippen molar-refractivity contribution >= 4 is 12.0 Å². The lowest BCUT2D eigenvalue weighted by Crippen LogP contribution is -2.46. The van der Waals surface area contributed by atoms with Crippen LogP contribution in [0.1, 0.15) is 46.2 Å². The van der Waals surface area contributed by atoms with E-state index in [1.54, 1.807) is 6.92 Å². The Morgan fingerprint density at radius 1 is 1.22 bits per heavy atom. The minimum atomic E-state index is -0.510. The Morgan fingerprint density at radius 3 is 2.39 bits per heavy atom. The lowest BCUT2D eigenvalue weighted by atomic mass is 9.90. The van der Waals surface area contributed by atoms with Crippen molar-refractivity contribution < 1.29 is 14.3 Å². The Labute approximate surface area is 137 Å². The third-order valence-electron chi connectivity index (χ3n) is 4.13. The number of carbonyl (C=O) groups is 2. The van der Waals surface area contributed by atoms with Crippen LogP contribution in [-0.2, 0) is 9.53 Å². The molecule has 0 aromatic heterocycles. The van der Waals surface area contributed by atoms with Gasteiger partial charge in [0.25, 0.3) is 0 Å². The molecule has 0 aliphatic carbocycles. The lowest BCUT2D eigenvalue weighted by molar-refractivity contribution is -0.149. The number of ether oxygens (including phenoxy) is 1. The predicted molar refractivity (Wildman–Crippen MR) is 88.6 cm³/mol. The van der Waals surface area contributed by atoms with Gasteiger partial charge in [-0.2, -0.15) is 0 Å². The highest BCUT2D eigenvalue weighted by Gasteiger charge is 2.34. The van der Waals surface area contributed by atoms with Crippen LogP contribution < -0.4 is 10.6 Å². The van der Waals surface area contributed by atoms with Crippen LogP contribution >= 0.6 is 0 Å². The molecule has 2 amide bonds. The molecule has 2 atom stereocenters. The minimum absolute atomic E-state index is 0.155. The second-order valence-corrected chi connectivity index (χ2v) is 6.89. The van der Waals surface area contributed by atoms with E-state index >= 15 is 0 Å². The molecule has 1 heterocycles. The molecule has 23 heavy (non-hydrogen) atoms. The zero-order chi connectivity index (χ0) is 17.2. The van der Waals surface area contributed by atoms with Gasteiger partial charge in [0.2, 0.25) is 0 Å². The molecule has 5 heteroatoms. The molecule has 0 spiro atoms. The average molecular weight is 316 g/mol. The van der Waals surface area contributed by atoms with Gasteiger partial charge in [-0.3, -0.25) is 0 Å². The van der Waals surface area contributed by atoms with Crippen LogP contribution in [0.15, 0.2) is 41.6 Å². The van der Waals surface area contributed by atoms with Crippen LogP contribution in [0.4, 0.5) is 4.79 Å². The van der Waals surface area contributed by atoms with Crippen LogP contribution in [0, 0.1) is 5.41 Å². The molecule has 1 aromatic rings. The highest BCUT2D eigenvalue weighted by Crippen LogP contribution is 2.29. The monoisotopic (exact) mass is 316 g/mol. The molecular weight excluding hydrogens is 292 g/mol. The van der Waals surface area contributed by atoms with Gasteiger partial charge in [0.05, 0.1) is 11.6 Å². The second-order valence-electron chi connectivity index (χ2n) is 6.89. The number of hydrogen-bond acceptors (Lipinski definition) is 3. The van der Waals surface area contributed by atoms with Gasteiger partial charge in [-0.25, -0.2) is 9.59 Å². The molecule has 0 radical (unpaired) electrons. The van der Waals surface area contributed by atoms with Gasteiger partial charge in [-0.15, -0.1) is 0 Å². The van der Waals surface area contributed by atoms with Crippen molar-refractivity contribution in [1.29, 1.82) is 0 Å². The largest absolute Gasteiger partial charge is 0.459 e. The summed E-state index contributed by atoms with van der Waals surface area (Å²) in [5, 5.41) is 5.45. The number of benzene rings is 1. The Morgan fingerprint density at radius 2 is 1.83 bits per heavy atom. The molecule has 0 saturated heterocycles. The molecule has 2 rings (SSSR count). The first-order chi connectivity index (χ1) is 10.7. The van der Waals surface area contributed by atoms with Gasteiger partial charge in [0.1, 0.15) is 6.10 Å². The van der Waals surface area contributed by atoms with Crippen molar-refractivity contribution in [3.8, 4) is 0 Å². The Kier molecular flexibility index (Phi) is 4.78. The lowest BCUT2D eigenvalue weighted by Gasteiger charge is -2.31. The molecule has 1 aromatic carbocycles. The van der Waals surface area contributed by atoms with Gasteiger partial charge in [-0.05, 0) is 24.8 Å². The molecule has 1 aliphatic heterocycles. The highest BCUT2D eigenvalue weighted by molar-refractivity contribution is 5.95. The molecule has 1 aliphatic rings. The van der Waals surface area contributed by atoms with Crippen molar-refractivity contribution in [3.63, 3.8) is 0 Å². The fraction of sp³-hybridized carbons (Fsp3) is 0.444. The van der Waals surface area contributed by atoms with Gasteiger partial charge in [0.15, 0.2) is 0 Å². The first-order valence-electron chi connectivity index (χ1n) is 7.74. The third-order valence-corrected chi connectivity index (χ3v) is 4.13. The van der Waals surface area contributed by atoms with E-state index in [0.29, 0.717) is 11.3 Å². The quantitative estimate of drug-likeness (QED) is 0.841. The van der Waals surface area contributed by atoms with E-state index in [4.69, 9.17) is 4.74 Å². The van der Waals surface area contributed by atoms with Gasteiger partial charge >= 0.3 is 12.0 Å². The summed E-state index contributed by atoms with van der Waals surface area (Å²) in [4.78, 5) is 24.5. The first kappa shape index (κ1) is 17.1. The number of amides is 2. The maximum Gasteiger partial charge on any atom is 0.338 e. The summed E-state index contributed by atoms with van der Waals surface area (Å²) >= 11 is 0. The standard InChI is InChI=1S/C18H24N2O3/c1-11-14(16(21)23-12(2)18(3,4)5)15(20-17(22)19-11)13-9-7-6-8-10-13/h6-10,12,15H,1-5H3,(H2,19,20,22)/t12-,15-/m0/s1. The summed E-state index contributed by atoms with van der Waals surface area (Å²) < 4.78 is 5.62. The number of nitrogens with one attached hydrogen (secondary N) is 2. The van der Waals surface area contributed by atoms with Crippen LogP contribution in [0.5, 0.6) is 0 Å². The molecular formula is C18H24N2O3. The molecule has 5 nitrogen and oxygen atoms in total. The molecule has 0 fully saturated rings. The summed E-state index contributed by atoms with van der Waals surface area (Å²) in [7, 11) is 0. The fourth-order valence-corrected chi connectivity index (χ4v) is 2.26.